The third kappa shape index (κ3) is 4.20. The van der Waals surface area contributed by atoms with Gasteiger partial charge in [0.2, 0.25) is 5.96 Å². The lowest BCUT2D eigenvalue weighted by Crippen LogP contribution is -2.40. The number of anilines is 2. The Balaban J connectivity index is 2.30. The summed E-state index contributed by atoms with van der Waals surface area (Å²) in [7, 11) is 3.06. The zero-order valence-electron chi connectivity index (χ0n) is 15.1. The molecule has 0 aromatic heterocycles. The van der Waals surface area contributed by atoms with Crippen LogP contribution in [0.25, 0.3) is 0 Å². The average molecular weight is 385 g/mol. The van der Waals surface area contributed by atoms with Crippen molar-refractivity contribution in [3.8, 4) is 0 Å². The molecule has 0 unspecified atom stereocenters. The Hall–Kier alpha value is -2.64. The fraction of sp³-hybridized carbons (Fsp3) is 0.316. The van der Waals surface area contributed by atoms with E-state index in [1.165, 1.54) is 22.9 Å². The molecule has 0 heterocycles. The van der Waals surface area contributed by atoms with E-state index < -0.39 is 17.7 Å². The Labute approximate surface area is 154 Å². The third-order valence-electron chi connectivity index (χ3n) is 4.29. The summed E-state index contributed by atoms with van der Waals surface area (Å²) < 4.78 is 65.1. The van der Waals surface area contributed by atoms with Crippen molar-refractivity contribution in [2.45, 2.75) is 25.4 Å². The number of hydrogen-bond donors (Lipinski definition) is 1. The second-order valence-electron chi connectivity index (χ2n) is 6.09. The van der Waals surface area contributed by atoms with Crippen LogP contribution in [0.2, 0.25) is 0 Å². The summed E-state index contributed by atoms with van der Waals surface area (Å²) in [5.74, 6) is -5.04. The SMILES string of the molecule is CCc1cccc(N(C)C(=N)N(C)c2cccc(C(F)(F)C(F)(F)F)c2)c1. The van der Waals surface area contributed by atoms with Crippen LogP contribution in [0.1, 0.15) is 18.1 Å². The van der Waals surface area contributed by atoms with Gasteiger partial charge >= 0.3 is 12.1 Å². The Morgan fingerprint density at radius 2 is 1.41 bits per heavy atom. The highest BCUT2D eigenvalue weighted by Crippen LogP contribution is 2.44. The van der Waals surface area contributed by atoms with Crippen LogP contribution in [0.3, 0.4) is 0 Å². The number of nitrogens with one attached hydrogen (secondary N) is 1. The number of guanidine groups is 1. The zero-order valence-corrected chi connectivity index (χ0v) is 15.1. The van der Waals surface area contributed by atoms with Crippen molar-refractivity contribution in [2.75, 3.05) is 23.9 Å². The topological polar surface area (TPSA) is 30.3 Å². The Morgan fingerprint density at radius 3 is 1.93 bits per heavy atom. The zero-order chi connectivity index (χ0) is 20.4. The molecule has 0 amide bonds. The van der Waals surface area contributed by atoms with E-state index in [0.29, 0.717) is 5.69 Å². The summed E-state index contributed by atoms with van der Waals surface area (Å²) in [6.45, 7) is 1.99. The summed E-state index contributed by atoms with van der Waals surface area (Å²) in [4.78, 5) is 2.77. The number of alkyl halides is 5. The molecule has 1 N–H and O–H groups in total. The summed E-state index contributed by atoms with van der Waals surface area (Å²) in [5.41, 5.74) is 0.660. The minimum Gasteiger partial charge on any atom is -0.316 e. The van der Waals surface area contributed by atoms with E-state index in [4.69, 9.17) is 5.41 Å². The van der Waals surface area contributed by atoms with E-state index in [-0.39, 0.29) is 11.6 Å². The van der Waals surface area contributed by atoms with Crippen LogP contribution < -0.4 is 9.80 Å². The summed E-state index contributed by atoms with van der Waals surface area (Å²) >= 11 is 0. The molecule has 0 spiro atoms. The molecule has 0 aliphatic rings. The Bertz CT molecular complexity index is 817. The lowest BCUT2D eigenvalue weighted by Gasteiger charge is -2.29. The van der Waals surface area contributed by atoms with E-state index >= 15 is 0 Å². The minimum absolute atomic E-state index is 0.0555. The van der Waals surface area contributed by atoms with Crippen molar-refractivity contribution in [2.24, 2.45) is 0 Å². The number of halogens is 5. The van der Waals surface area contributed by atoms with E-state index in [9.17, 15) is 22.0 Å². The van der Waals surface area contributed by atoms with Crippen LogP contribution >= 0.6 is 0 Å². The van der Waals surface area contributed by atoms with Gasteiger partial charge in [-0.25, -0.2) is 0 Å². The first-order valence-corrected chi connectivity index (χ1v) is 8.19. The van der Waals surface area contributed by atoms with Gasteiger partial charge in [-0.15, -0.1) is 0 Å². The van der Waals surface area contributed by atoms with Gasteiger partial charge < -0.3 is 9.80 Å². The molecular formula is C19H20F5N3. The predicted octanol–water partition coefficient (Wildman–Crippen LogP) is 5.41. The second kappa shape index (κ2) is 7.54. The lowest BCUT2D eigenvalue weighted by molar-refractivity contribution is -0.289. The fourth-order valence-corrected chi connectivity index (χ4v) is 2.53. The smallest absolute Gasteiger partial charge is 0.316 e. The fourth-order valence-electron chi connectivity index (χ4n) is 2.53. The van der Waals surface area contributed by atoms with Gasteiger partial charge in [-0.2, -0.15) is 22.0 Å². The highest BCUT2D eigenvalue weighted by molar-refractivity contribution is 6.04. The molecule has 0 fully saturated rings. The van der Waals surface area contributed by atoms with Crippen LogP contribution in [0.15, 0.2) is 48.5 Å². The maximum absolute atomic E-state index is 13.6. The predicted molar refractivity (Wildman–Crippen MR) is 96.7 cm³/mol. The summed E-state index contributed by atoms with van der Waals surface area (Å²) in [6, 6.07) is 11.4. The van der Waals surface area contributed by atoms with Gasteiger partial charge in [-0.3, -0.25) is 5.41 Å². The van der Waals surface area contributed by atoms with Crippen LogP contribution in [0.4, 0.5) is 33.3 Å². The molecular weight excluding hydrogens is 365 g/mol. The normalized spacial score (nSPS) is 12.0. The van der Waals surface area contributed by atoms with Gasteiger partial charge in [0.1, 0.15) is 0 Å². The summed E-state index contributed by atoms with van der Waals surface area (Å²) in [5, 5.41) is 8.29. The number of rotatable bonds is 4. The Kier molecular flexibility index (Phi) is 5.77. The number of aryl methyl sites for hydroxylation is 1. The van der Waals surface area contributed by atoms with Crippen LogP contribution in [0.5, 0.6) is 0 Å². The maximum atomic E-state index is 13.6. The molecule has 0 atom stereocenters. The number of nitrogens with zero attached hydrogens (tertiary/aromatic N) is 2. The van der Waals surface area contributed by atoms with Crippen molar-refractivity contribution in [3.63, 3.8) is 0 Å². The molecule has 0 saturated carbocycles. The molecule has 2 rings (SSSR count). The number of benzene rings is 2. The van der Waals surface area contributed by atoms with E-state index in [1.54, 1.807) is 13.1 Å². The highest BCUT2D eigenvalue weighted by atomic mass is 19.4. The van der Waals surface area contributed by atoms with Crippen molar-refractivity contribution in [3.05, 3.63) is 59.7 Å². The van der Waals surface area contributed by atoms with Crippen molar-refractivity contribution >= 4 is 17.3 Å². The van der Waals surface area contributed by atoms with Gasteiger partial charge in [0, 0.05) is 31.0 Å². The molecule has 0 bridgehead atoms. The maximum Gasteiger partial charge on any atom is 0.458 e. The molecule has 0 aliphatic carbocycles. The van der Waals surface area contributed by atoms with Crippen LogP contribution in [0, 0.1) is 5.41 Å². The molecule has 2 aromatic rings. The minimum atomic E-state index is -5.69. The molecule has 0 saturated heterocycles. The number of hydrogen-bond acceptors (Lipinski definition) is 1. The second-order valence-corrected chi connectivity index (χ2v) is 6.09. The highest BCUT2D eigenvalue weighted by Gasteiger charge is 2.58. The monoisotopic (exact) mass is 385 g/mol. The van der Waals surface area contributed by atoms with E-state index in [1.807, 2.05) is 25.1 Å². The van der Waals surface area contributed by atoms with Gasteiger partial charge in [0.15, 0.2) is 0 Å². The van der Waals surface area contributed by atoms with Crippen molar-refractivity contribution < 1.29 is 22.0 Å². The van der Waals surface area contributed by atoms with Gasteiger partial charge in [0.05, 0.1) is 0 Å². The van der Waals surface area contributed by atoms with Crippen molar-refractivity contribution in [1.29, 1.82) is 5.41 Å². The largest absolute Gasteiger partial charge is 0.458 e. The van der Waals surface area contributed by atoms with Gasteiger partial charge in [-0.05, 0) is 36.2 Å². The van der Waals surface area contributed by atoms with Gasteiger partial charge in [-0.1, -0.05) is 31.2 Å². The first kappa shape index (κ1) is 20.7. The molecule has 0 radical (unpaired) electrons. The molecule has 2 aromatic carbocycles. The molecule has 3 nitrogen and oxygen atoms in total. The van der Waals surface area contributed by atoms with E-state index in [2.05, 4.69) is 0 Å². The van der Waals surface area contributed by atoms with Crippen molar-refractivity contribution in [1.82, 2.24) is 0 Å². The quantitative estimate of drug-likeness (QED) is 0.433. The molecule has 27 heavy (non-hydrogen) atoms. The van der Waals surface area contributed by atoms with E-state index in [0.717, 1.165) is 30.2 Å². The average Bonchev–Trinajstić information content (AvgIpc) is 2.65. The first-order valence-electron chi connectivity index (χ1n) is 8.19. The van der Waals surface area contributed by atoms with Crippen LogP contribution in [-0.2, 0) is 12.3 Å². The molecule has 146 valence electrons. The lowest BCUT2D eigenvalue weighted by atomic mass is 10.1. The van der Waals surface area contributed by atoms with Gasteiger partial charge in [0.25, 0.3) is 0 Å². The van der Waals surface area contributed by atoms with Crippen LogP contribution in [-0.4, -0.2) is 26.2 Å². The first-order chi connectivity index (χ1) is 12.5. The molecule has 0 aliphatic heterocycles. The molecule has 8 heteroatoms. The third-order valence-corrected chi connectivity index (χ3v) is 4.29. The summed E-state index contributed by atoms with van der Waals surface area (Å²) in [6.07, 6.45) is -4.88. The Morgan fingerprint density at radius 1 is 0.889 bits per heavy atom. The standard InChI is InChI=1S/C19H20F5N3/c1-4-13-7-5-9-15(11-13)26(2)17(25)27(3)16-10-6-8-14(12-16)18(20,21)19(22,23)24/h5-12,25H,4H2,1-3H3.